The Hall–Kier alpha value is -1.93. The molecule has 0 aliphatic carbocycles. The summed E-state index contributed by atoms with van der Waals surface area (Å²) in [6, 6.07) is 5.75. The average Bonchev–Trinajstić information content (AvgIpc) is 2.58. The predicted octanol–water partition coefficient (Wildman–Crippen LogP) is 1.80. The number of aliphatic carboxylic acids is 1. The first kappa shape index (κ1) is 20.4. The van der Waals surface area contributed by atoms with Crippen LogP contribution >= 0.6 is 0 Å². The predicted molar refractivity (Wildman–Crippen MR) is 97.3 cm³/mol. The lowest BCUT2D eigenvalue weighted by Gasteiger charge is -2.34. The van der Waals surface area contributed by atoms with Gasteiger partial charge in [0, 0.05) is 25.2 Å². The van der Waals surface area contributed by atoms with Crippen LogP contribution in [-0.2, 0) is 14.8 Å². The van der Waals surface area contributed by atoms with Crippen LogP contribution in [0.5, 0.6) is 0 Å². The highest BCUT2D eigenvalue weighted by Crippen LogP contribution is 2.26. The van der Waals surface area contributed by atoms with Gasteiger partial charge in [0.05, 0.1) is 10.8 Å². The van der Waals surface area contributed by atoms with Crippen LogP contribution in [0, 0.1) is 17.8 Å². The molecule has 0 bridgehead atoms. The third-order valence-corrected chi connectivity index (χ3v) is 6.43. The van der Waals surface area contributed by atoms with Crippen LogP contribution in [0.15, 0.2) is 29.2 Å². The van der Waals surface area contributed by atoms with E-state index in [4.69, 9.17) is 5.11 Å². The fraction of sp³-hybridized carbons (Fsp3) is 0.556. The molecule has 0 spiro atoms. The Morgan fingerprint density at radius 2 is 1.73 bits per heavy atom. The molecular formula is C18H26N2O5S. The van der Waals surface area contributed by atoms with Gasteiger partial charge < -0.3 is 10.4 Å². The van der Waals surface area contributed by atoms with Crippen molar-refractivity contribution in [3.05, 3.63) is 29.8 Å². The fourth-order valence-corrected chi connectivity index (χ4v) is 4.84. The van der Waals surface area contributed by atoms with Gasteiger partial charge in [-0.3, -0.25) is 9.59 Å². The minimum Gasteiger partial charge on any atom is -0.481 e. The van der Waals surface area contributed by atoms with Gasteiger partial charge >= 0.3 is 5.97 Å². The summed E-state index contributed by atoms with van der Waals surface area (Å²) in [5.74, 6) is -1.48. The van der Waals surface area contributed by atoms with E-state index in [0.29, 0.717) is 30.5 Å². The van der Waals surface area contributed by atoms with E-state index in [2.05, 4.69) is 5.32 Å². The van der Waals surface area contributed by atoms with Gasteiger partial charge in [-0.2, -0.15) is 4.31 Å². The number of benzene rings is 1. The maximum atomic E-state index is 12.8. The van der Waals surface area contributed by atoms with Crippen LogP contribution in [0.4, 0.5) is 0 Å². The first-order valence-corrected chi connectivity index (χ1v) is 10.2. The van der Waals surface area contributed by atoms with E-state index in [0.717, 1.165) is 6.42 Å². The van der Waals surface area contributed by atoms with Crippen LogP contribution < -0.4 is 5.32 Å². The Balaban J connectivity index is 2.08. The zero-order valence-corrected chi connectivity index (χ0v) is 16.1. The minimum atomic E-state index is -3.58. The van der Waals surface area contributed by atoms with E-state index in [1.165, 1.54) is 35.5 Å². The summed E-state index contributed by atoms with van der Waals surface area (Å²) < 4.78 is 27.1. The highest BCUT2D eigenvalue weighted by molar-refractivity contribution is 7.89. The number of sulfonamides is 1. The molecule has 2 N–H and O–H groups in total. The Morgan fingerprint density at radius 3 is 2.23 bits per heavy atom. The molecular weight excluding hydrogens is 356 g/mol. The lowest BCUT2D eigenvalue weighted by atomic mass is 9.94. The minimum absolute atomic E-state index is 0.0117. The van der Waals surface area contributed by atoms with E-state index in [1.807, 2.05) is 13.8 Å². The van der Waals surface area contributed by atoms with Gasteiger partial charge in [0.2, 0.25) is 10.0 Å². The Labute approximate surface area is 154 Å². The number of hydrogen-bond donors (Lipinski definition) is 2. The van der Waals surface area contributed by atoms with Crippen molar-refractivity contribution in [3.8, 4) is 0 Å². The van der Waals surface area contributed by atoms with Gasteiger partial charge in [0.25, 0.3) is 5.91 Å². The molecule has 0 aromatic heterocycles. The maximum Gasteiger partial charge on any atom is 0.308 e. The Morgan fingerprint density at radius 1 is 1.19 bits per heavy atom. The zero-order chi connectivity index (χ0) is 19.5. The second-order valence-corrected chi connectivity index (χ2v) is 9.18. The molecule has 1 aromatic carbocycles. The number of carboxylic acid groups (broad SMARTS) is 1. The monoisotopic (exact) mass is 382 g/mol. The molecule has 8 heteroatoms. The summed E-state index contributed by atoms with van der Waals surface area (Å²) in [6.45, 7) is 6.61. The van der Waals surface area contributed by atoms with E-state index < -0.39 is 27.8 Å². The summed E-state index contributed by atoms with van der Waals surface area (Å²) in [5.41, 5.74) is 0.293. The summed E-state index contributed by atoms with van der Waals surface area (Å²) in [4.78, 5) is 23.0. The second-order valence-electron chi connectivity index (χ2n) is 7.24. The third-order valence-electron chi connectivity index (χ3n) is 4.58. The molecule has 26 heavy (non-hydrogen) atoms. The quantitative estimate of drug-likeness (QED) is 0.781. The lowest BCUT2D eigenvalue weighted by molar-refractivity contribution is -0.140. The van der Waals surface area contributed by atoms with Crippen LogP contribution in [0.3, 0.4) is 0 Å². The van der Waals surface area contributed by atoms with E-state index in [-0.39, 0.29) is 11.4 Å². The summed E-state index contributed by atoms with van der Waals surface area (Å²) >= 11 is 0. The second kappa shape index (κ2) is 8.18. The molecule has 0 radical (unpaired) electrons. The summed E-state index contributed by atoms with van der Waals surface area (Å²) in [5, 5.41) is 11.4. The number of piperidine rings is 1. The number of hydrogen-bond acceptors (Lipinski definition) is 4. The van der Waals surface area contributed by atoms with Crippen molar-refractivity contribution < 1.29 is 23.1 Å². The molecule has 3 atom stereocenters. The van der Waals surface area contributed by atoms with Gasteiger partial charge in [-0.05, 0) is 42.5 Å². The third kappa shape index (κ3) is 4.82. The van der Waals surface area contributed by atoms with E-state index in [1.54, 1.807) is 0 Å². The van der Waals surface area contributed by atoms with Gasteiger partial charge in [-0.15, -0.1) is 0 Å². The maximum absolute atomic E-state index is 12.8. The van der Waals surface area contributed by atoms with Crippen molar-refractivity contribution in [3.63, 3.8) is 0 Å². The Bertz CT molecular complexity index is 750. The standard InChI is InChI=1S/C18H26N2O5S/c1-12-8-13(2)11-20(10-12)26(24,25)16-6-4-15(5-7-16)17(21)19-9-14(3)18(22)23/h4-7,12-14H,8-11H2,1-3H3,(H,19,21)(H,22,23). The fourth-order valence-electron chi connectivity index (χ4n) is 3.16. The topological polar surface area (TPSA) is 104 Å². The molecule has 2 rings (SSSR count). The number of rotatable bonds is 6. The van der Waals surface area contributed by atoms with Gasteiger partial charge in [0.15, 0.2) is 0 Å². The number of carbonyl (C=O) groups excluding carboxylic acids is 1. The molecule has 1 heterocycles. The molecule has 1 saturated heterocycles. The van der Waals surface area contributed by atoms with Crippen LogP contribution in [0.2, 0.25) is 0 Å². The smallest absolute Gasteiger partial charge is 0.308 e. The number of nitrogens with one attached hydrogen (secondary N) is 1. The van der Waals surface area contributed by atoms with Crippen LogP contribution in [-0.4, -0.2) is 49.3 Å². The van der Waals surface area contributed by atoms with Crippen LogP contribution in [0.25, 0.3) is 0 Å². The van der Waals surface area contributed by atoms with Crippen molar-refractivity contribution in [2.24, 2.45) is 17.8 Å². The Kier molecular flexibility index (Phi) is 6.41. The van der Waals surface area contributed by atoms with Crippen LogP contribution in [0.1, 0.15) is 37.6 Å². The highest BCUT2D eigenvalue weighted by Gasteiger charge is 2.31. The SMILES string of the molecule is CC1CC(C)CN(S(=O)(=O)c2ccc(C(=O)NCC(C)C(=O)O)cc2)C1. The molecule has 1 amide bonds. The molecule has 1 aliphatic rings. The molecule has 1 aromatic rings. The molecule has 7 nitrogen and oxygen atoms in total. The molecule has 0 saturated carbocycles. The van der Waals surface area contributed by atoms with Crippen molar-refractivity contribution >= 4 is 21.9 Å². The van der Waals surface area contributed by atoms with Gasteiger partial charge in [-0.1, -0.05) is 20.8 Å². The first-order chi connectivity index (χ1) is 12.1. The average molecular weight is 382 g/mol. The number of carbonyl (C=O) groups is 2. The largest absolute Gasteiger partial charge is 0.481 e. The van der Waals surface area contributed by atoms with E-state index >= 15 is 0 Å². The molecule has 144 valence electrons. The van der Waals surface area contributed by atoms with Crippen molar-refractivity contribution in [1.29, 1.82) is 0 Å². The zero-order valence-electron chi connectivity index (χ0n) is 15.3. The van der Waals surface area contributed by atoms with Crippen molar-refractivity contribution in [2.75, 3.05) is 19.6 Å². The van der Waals surface area contributed by atoms with Gasteiger partial charge in [0.1, 0.15) is 0 Å². The number of nitrogens with zero attached hydrogens (tertiary/aromatic N) is 1. The summed E-state index contributed by atoms with van der Waals surface area (Å²) in [7, 11) is -3.58. The van der Waals surface area contributed by atoms with Gasteiger partial charge in [-0.25, -0.2) is 8.42 Å². The lowest BCUT2D eigenvalue weighted by Crippen LogP contribution is -2.42. The number of carboxylic acids is 1. The number of amides is 1. The molecule has 1 fully saturated rings. The summed E-state index contributed by atoms with van der Waals surface area (Å²) in [6.07, 6.45) is 1.01. The molecule has 3 unspecified atom stereocenters. The normalized spacial score (nSPS) is 22.6. The van der Waals surface area contributed by atoms with Crippen molar-refractivity contribution in [2.45, 2.75) is 32.1 Å². The van der Waals surface area contributed by atoms with Crippen molar-refractivity contribution in [1.82, 2.24) is 9.62 Å². The van der Waals surface area contributed by atoms with E-state index in [9.17, 15) is 18.0 Å². The first-order valence-electron chi connectivity index (χ1n) is 8.72. The highest BCUT2D eigenvalue weighted by atomic mass is 32.2. The molecule has 1 aliphatic heterocycles.